The maximum Gasteiger partial charge on any atom is 0.210 e. The van der Waals surface area contributed by atoms with Crippen LogP contribution in [-0.4, -0.2) is 12.9 Å². The van der Waals surface area contributed by atoms with Crippen LogP contribution in [0.4, 0.5) is 4.39 Å². The van der Waals surface area contributed by atoms with Gasteiger partial charge in [0.25, 0.3) is 0 Å². The van der Waals surface area contributed by atoms with E-state index in [0.717, 1.165) is 0 Å². The number of carbonyl (C=O) groups is 1. The molecule has 0 amide bonds. The topological polar surface area (TPSA) is 26.3 Å². The molecule has 0 aliphatic rings. The summed E-state index contributed by atoms with van der Waals surface area (Å²) in [6.07, 6.45) is 0. The van der Waals surface area contributed by atoms with Gasteiger partial charge < -0.3 is 4.74 Å². The van der Waals surface area contributed by atoms with E-state index >= 15 is 0 Å². The van der Waals surface area contributed by atoms with Crippen LogP contribution in [0, 0.1) is 5.82 Å². The van der Waals surface area contributed by atoms with Crippen LogP contribution in [0.3, 0.4) is 0 Å². The minimum Gasteiger partial charge on any atom is -0.496 e. The summed E-state index contributed by atoms with van der Waals surface area (Å²) in [7, 11) is 1.41. The fraction of sp³-hybridized carbons (Fsp3) is 0.0833. The summed E-state index contributed by atoms with van der Waals surface area (Å²) < 4.78 is 19.4. The predicted octanol–water partition coefficient (Wildman–Crippen LogP) is 3.89. The molecule has 0 saturated heterocycles. The summed E-state index contributed by atoms with van der Waals surface area (Å²) in [4.78, 5) is 12.7. The first-order valence-corrected chi connectivity index (χ1v) is 6.42. The number of benzene rings is 1. The van der Waals surface area contributed by atoms with E-state index in [9.17, 15) is 9.18 Å². The summed E-state index contributed by atoms with van der Waals surface area (Å²) in [5.74, 6) is -0.702. The van der Waals surface area contributed by atoms with E-state index in [1.165, 1.54) is 30.6 Å². The fourth-order valence-electron chi connectivity index (χ4n) is 1.46. The van der Waals surface area contributed by atoms with E-state index < -0.39 is 5.82 Å². The molecule has 1 aromatic carbocycles. The van der Waals surface area contributed by atoms with Crippen molar-refractivity contribution in [2.75, 3.05) is 7.11 Å². The number of carbonyl (C=O) groups excluding carboxylic acids is 1. The Morgan fingerprint density at radius 3 is 2.76 bits per heavy atom. The minimum atomic E-state index is -0.574. The van der Waals surface area contributed by atoms with Crippen LogP contribution in [0.15, 0.2) is 34.1 Å². The molecule has 0 spiro atoms. The van der Waals surface area contributed by atoms with Gasteiger partial charge in [-0.3, -0.25) is 4.79 Å². The third kappa shape index (κ3) is 2.25. The number of methoxy groups -OCH3 is 1. The zero-order valence-corrected chi connectivity index (χ0v) is 11.3. The van der Waals surface area contributed by atoms with Crippen molar-refractivity contribution in [2.45, 2.75) is 0 Å². The first-order valence-electron chi connectivity index (χ1n) is 4.75. The molecule has 2 rings (SSSR count). The highest BCUT2D eigenvalue weighted by Crippen LogP contribution is 2.30. The highest BCUT2D eigenvalue weighted by atomic mass is 79.9. The van der Waals surface area contributed by atoms with Crippen LogP contribution in [0.25, 0.3) is 0 Å². The Morgan fingerprint density at radius 2 is 2.18 bits per heavy atom. The van der Waals surface area contributed by atoms with Gasteiger partial charge in [0.15, 0.2) is 0 Å². The van der Waals surface area contributed by atoms with Crippen LogP contribution < -0.4 is 4.74 Å². The molecule has 88 valence electrons. The largest absolute Gasteiger partial charge is 0.496 e. The second-order valence-electron chi connectivity index (χ2n) is 3.24. The summed E-state index contributed by atoms with van der Waals surface area (Å²) in [6, 6.07) is 6.08. The van der Waals surface area contributed by atoms with E-state index in [2.05, 4.69) is 15.9 Å². The zero-order chi connectivity index (χ0) is 12.4. The molecule has 0 radical (unpaired) electrons. The highest BCUT2D eigenvalue weighted by Gasteiger charge is 2.21. The summed E-state index contributed by atoms with van der Waals surface area (Å²) in [5.41, 5.74) is -0.0295. The minimum absolute atomic E-state index is 0.0295. The number of halogens is 2. The Morgan fingerprint density at radius 1 is 1.41 bits per heavy atom. The van der Waals surface area contributed by atoms with E-state index in [1.807, 2.05) is 0 Å². The quantitative estimate of drug-likeness (QED) is 0.803. The number of rotatable bonds is 3. The van der Waals surface area contributed by atoms with Crippen molar-refractivity contribution in [1.29, 1.82) is 0 Å². The van der Waals surface area contributed by atoms with E-state index in [0.29, 0.717) is 9.35 Å². The van der Waals surface area contributed by atoms with Crippen molar-refractivity contribution in [3.05, 3.63) is 50.4 Å². The molecule has 0 atom stereocenters. The van der Waals surface area contributed by atoms with Crippen molar-refractivity contribution in [3.8, 4) is 5.75 Å². The average molecular weight is 315 g/mol. The molecule has 17 heavy (non-hydrogen) atoms. The van der Waals surface area contributed by atoms with Gasteiger partial charge in [-0.05, 0) is 39.5 Å². The molecule has 1 aromatic heterocycles. The maximum absolute atomic E-state index is 13.7. The number of hydrogen-bond donors (Lipinski definition) is 0. The Hall–Kier alpha value is -1.20. The van der Waals surface area contributed by atoms with Crippen molar-refractivity contribution in [2.24, 2.45) is 0 Å². The molecule has 0 fully saturated rings. The van der Waals surface area contributed by atoms with E-state index in [1.54, 1.807) is 17.5 Å². The lowest BCUT2D eigenvalue weighted by Gasteiger charge is -2.07. The van der Waals surface area contributed by atoms with Gasteiger partial charge in [-0.25, -0.2) is 4.39 Å². The molecular formula is C12H8BrFO2S. The molecule has 0 bridgehead atoms. The van der Waals surface area contributed by atoms with E-state index in [-0.39, 0.29) is 17.1 Å². The van der Waals surface area contributed by atoms with Crippen molar-refractivity contribution in [3.63, 3.8) is 0 Å². The fourth-order valence-corrected chi connectivity index (χ4v) is 2.96. The van der Waals surface area contributed by atoms with Crippen LogP contribution in [0.5, 0.6) is 5.75 Å². The predicted molar refractivity (Wildman–Crippen MR) is 68.4 cm³/mol. The Kier molecular flexibility index (Phi) is 3.59. The number of ketones is 1. The smallest absolute Gasteiger partial charge is 0.210 e. The normalized spacial score (nSPS) is 10.3. The van der Waals surface area contributed by atoms with Crippen LogP contribution in [0.1, 0.15) is 15.2 Å². The SMILES string of the molecule is COc1cccc(F)c1C(=O)c1sccc1Br. The molecule has 0 saturated carbocycles. The Balaban J connectivity index is 2.55. The van der Waals surface area contributed by atoms with Gasteiger partial charge >= 0.3 is 0 Å². The van der Waals surface area contributed by atoms with Gasteiger partial charge in [0.1, 0.15) is 17.1 Å². The molecule has 1 heterocycles. The molecule has 0 aliphatic heterocycles. The summed E-state index contributed by atoms with van der Waals surface area (Å²) in [6.45, 7) is 0. The summed E-state index contributed by atoms with van der Waals surface area (Å²) in [5, 5.41) is 1.77. The van der Waals surface area contributed by atoms with Crippen molar-refractivity contribution < 1.29 is 13.9 Å². The number of thiophene rings is 1. The highest BCUT2D eigenvalue weighted by molar-refractivity contribution is 9.10. The van der Waals surface area contributed by atoms with E-state index in [4.69, 9.17) is 4.74 Å². The Bertz CT molecular complexity index is 565. The van der Waals surface area contributed by atoms with Gasteiger partial charge in [-0.2, -0.15) is 0 Å². The molecule has 5 heteroatoms. The lowest BCUT2D eigenvalue weighted by atomic mass is 10.1. The van der Waals surface area contributed by atoms with Crippen molar-refractivity contribution >= 4 is 33.0 Å². The first-order chi connectivity index (χ1) is 8.15. The number of ether oxygens (including phenoxy) is 1. The van der Waals surface area contributed by atoms with Gasteiger partial charge in [-0.15, -0.1) is 11.3 Å². The van der Waals surface area contributed by atoms with Gasteiger partial charge in [0, 0.05) is 4.47 Å². The third-order valence-electron chi connectivity index (χ3n) is 2.25. The molecule has 0 unspecified atom stereocenters. The Labute approximate surface area is 110 Å². The van der Waals surface area contributed by atoms with Crippen LogP contribution >= 0.6 is 27.3 Å². The zero-order valence-electron chi connectivity index (χ0n) is 8.87. The molecular weight excluding hydrogens is 307 g/mol. The van der Waals surface area contributed by atoms with Crippen molar-refractivity contribution in [1.82, 2.24) is 0 Å². The maximum atomic E-state index is 13.7. The lowest BCUT2D eigenvalue weighted by molar-refractivity contribution is 0.103. The van der Waals surface area contributed by atoms with Gasteiger partial charge in [-0.1, -0.05) is 6.07 Å². The second-order valence-corrected chi connectivity index (χ2v) is 5.01. The first kappa shape index (κ1) is 12.3. The standard InChI is InChI=1S/C12H8BrFO2S/c1-16-9-4-2-3-8(14)10(9)11(15)12-7(13)5-6-17-12/h2-6H,1H3. The average Bonchev–Trinajstić information content (AvgIpc) is 2.74. The summed E-state index contributed by atoms with van der Waals surface area (Å²) >= 11 is 4.52. The molecule has 0 aliphatic carbocycles. The molecule has 2 aromatic rings. The monoisotopic (exact) mass is 314 g/mol. The lowest BCUT2D eigenvalue weighted by Crippen LogP contribution is -2.05. The molecule has 0 N–H and O–H groups in total. The van der Waals surface area contributed by atoms with Gasteiger partial charge in [0.05, 0.1) is 12.0 Å². The van der Waals surface area contributed by atoms with Gasteiger partial charge in [0.2, 0.25) is 5.78 Å². The molecule has 2 nitrogen and oxygen atoms in total. The van der Waals surface area contributed by atoms with Crippen LogP contribution in [-0.2, 0) is 0 Å². The van der Waals surface area contributed by atoms with Crippen LogP contribution in [0.2, 0.25) is 0 Å². The third-order valence-corrected chi connectivity index (χ3v) is 4.08. The number of hydrogen-bond acceptors (Lipinski definition) is 3. The second kappa shape index (κ2) is 4.98.